The molecule has 0 aromatic heterocycles. The van der Waals surface area contributed by atoms with Gasteiger partial charge < -0.3 is 0 Å². The minimum absolute atomic E-state index is 0.273. The van der Waals surface area contributed by atoms with Crippen molar-refractivity contribution in [2.75, 3.05) is 0 Å². The van der Waals surface area contributed by atoms with Crippen LogP contribution in [0.25, 0.3) is 0 Å². The minimum atomic E-state index is -0.273. The van der Waals surface area contributed by atoms with E-state index in [1.54, 1.807) is 0 Å². The Morgan fingerprint density at radius 3 is 2.13 bits per heavy atom. The van der Waals surface area contributed by atoms with E-state index in [0.29, 0.717) is 17.8 Å². The molecule has 0 aromatic rings. The highest BCUT2D eigenvalue weighted by Gasteiger charge is 2.26. The highest BCUT2D eigenvalue weighted by Crippen LogP contribution is 2.39. The van der Waals surface area contributed by atoms with Gasteiger partial charge >= 0.3 is 0 Å². The fourth-order valence-corrected chi connectivity index (χ4v) is 1.95. The topological polar surface area (TPSA) is 0 Å². The molecule has 0 amide bonds. The maximum absolute atomic E-state index is 6.30. The second-order valence-electron chi connectivity index (χ2n) is 5.40. The molecular weight excluding hydrogens is 179 g/mol. The molecule has 0 fully saturated rings. The van der Waals surface area contributed by atoms with Crippen LogP contribution in [0.5, 0.6) is 0 Å². The molecule has 0 saturated heterocycles. The van der Waals surface area contributed by atoms with Crippen molar-refractivity contribution in [3.8, 4) is 0 Å². The molecule has 0 heterocycles. The molecule has 2 atom stereocenters. The van der Waals surface area contributed by atoms with Gasteiger partial charge in [0, 0.05) is 0 Å². The Bertz CT molecular complexity index is 211. The van der Waals surface area contributed by atoms with Gasteiger partial charge in [-0.1, -0.05) is 52.8 Å². The molecule has 0 aliphatic rings. The first-order valence-electron chi connectivity index (χ1n) is 5.90. The summed E-state index contributed by atoms with van der Waals surface area (Å²) in [6, 6.07) is 0. The normalized spacial score (nSPS) is 18.3. The van der Waals surface area contributed by atoms with E-state index in [1.807, 2.05) is 6.08 Å². The summed E-state index contributed by atoms with van der Waals surface area (Å²) in [7, 11) is 6.30. The summed E-state index contributed by atoms with van der Waals surface area (Å²) in [5.74, 6) is 1.56. The molecule has 0 rings (SSSR count). The number of rotatable bonds is 6. The van der Waals surface area contributed by atoms with Crippen LogP contribution in [0.3, 0.4) is 0 Å². The first kappa shape index (κ1) is 14.5. The van der Waals surface area contributed by atoms with Crippen LogP contribution in [0.1, 0.15) is 41.0 Å². The predicted molar refractivity (Wildman–Crippen MR) is 71.2 cm³/mol. The molecule has 0 aliphatic heterocycles. The van der Waals surface area contributed by atoms with Crippen molar-refractivity contribution in [2.24, 2.45) is 17.8 Å². The lowest BCUT2D eigenvalue weighted by atomic mass is 9.59. The monoisotopic (exact) mass is 204 g/mol. The Labute approximate surface area is 97.3 Å². The smallest absolute Gasteiger partial charge is 0.0806 e. The summed E-state index contributed by atoms with van der Waals surface area (Å²) in [6.45, 7) is 14.8. The van der Waals surface area contributed by atoms with Crippen LogP contribution >= 0.6 is 0 Å². The highest BCUT2D eigenvalue weighted by molar-refractivity contribution is 6.16. The van der Waals surface area contributed by atoms with Crippen LogP contribution in [-0.4, -0.2) is 7.85 Å². The minimum Gasteiger partial charge on any atom is -0.103 e. The zero-order valence-electron chi connectivity index (χ0n) is 11.0. The number of hydrogen-bond donors (Lipinski definition) is 0. The van der Waals surface area contributed by atoms with Crippen LogP contribution in [0.4, 0.5) is 0 Å². The van der Waals surface area contributed by atoms with Crippen molar-refractivity contribution in [3.63, 3.8) is 0 Å². The standard InChI is InChI=1S/C14H25B/c1-7-13(12(4)5)14(6,15)10-8-9-11(2)3/h7-8,10-13H,1,9H2,2-6H3/b10-8-. The van der Waals surface area contributed by atoms with Crippen LogP contribution in [0, 0.1) is 17.8 Å². The van der Waals surface area contributed by atoms with E-state index in [-0.39, 0.29) is 5.31 Å². The van der Waals surface area contributed by atoms with Crippen molar-refractivity contribution >= 4 is 7.85 Å². The van der Waals surface area contributed by atoms with Gasteiger partial charge in [-0.15, -0.1) is 6.58 Å². The summed E-state index contributed by atoms with van der Waals surface area (Å²) in [4.78, 5) is 0. The number of hydrogen-bond acceptors (Lipinski definition) is 0. The average molecular weight is 204 g/mol. The second kappa shape index (κ2) is 6.20. The van der Waals surface area contributed by atoms with Crippen LogP contribution in [0.2, 0.25) is 5.31 Å². The lowest BCUT2D eigenvalue weighted by Gasteiger charge is -2.33. The van der Waals surface area contributed by atoms with Crippen molar-refractivity contribution in [2.45, 2.75) is 46.4 Å². The van der Waals surface area contributed by atoms with E-state index in [0.717, 1.165) is 6.42 Å². The summed E-state index contributed by atoms with van der Waals surface area (Å²) in [6.07, 6.45) is 7.40. The maximum atomic E-state index is 6.30. The molecule has 0 bridgehead atoms. The summed E-state index contributed by atoms with van der Waals surface area (Å²) in [5.41, 5.74) is 0. The lowest BCUT2D eigenvalue weighted by Crippen LogP contribution is -2.21. The van der Waals surface area contributed by atoms with Gasteiger partial charge in [0.2, 0.25) is 0 Å². The Balaban J connectivity index is 4.50. The van der Waals surface area contributed by atoms with E-state index in [2.05, 4.69) is 53.3 Å². The van der Waals surface area contributed by atoms with Gasteiger partial charge in [0.1, 0.15) is 0 Å². The maximum Gasteiger partial charge on any atom is 0.0806 e. The van der Waals surface area contributed by atoms with Crippen molar-refractivity contribution in [1.82, 2.24) is 0 Å². The molecule has 2 radical (unpaired) electrons. The van der Waals surface area contributed by atoms with Gasteiger partial charge in [-0.2, -0.15) is 0 Å². The van der Waals surface area contributed by atoms with Gasteiger partial charge in [-0.25, -0.2) is 0 Å². The fraction of sp³-hybridized carbons (Fsp3) is 0.714. The highest BCUT2D eigenvalue weighted by atomic mass is 14.3. The molecule has 0 spiro atoms. The molecule has 0 nitrogen and oxygen atoms in total. The van der Waals surface area contributed by atoms with Crippen LogP contribution < -0.4 is 0 Å². The van der Waals surface area contributed by atoms with Crippen molar-refractivity contribution in [1.29, 1.82) is 0 Å². The van der Waals surface area contributed by atoms with Gasteiger partial charge in [0.15, 0.2) is 0 Å². The number of allylic oxidation sites excluding steroid dienone is 3. The molecule has 0 aliphatic carbocycles. The second-order valence-corrected chi connectivity index (χ2v) is 5.40. The predicted octanol–water partition coefficient (Wildman–Crippen LogP) is 4.39. The van der Waals surface area contributed by atoms with Crippen LogP contribution in [0.15, 0.2) is 24.8 Å². The van der Waals surface area contributed by atoms with E-state index in [1.165, 1.54) is 0 Å². The van der Waals surface area contributed by atoms with Gasteiger partial charge in [-0.3, -0.25) is 0 Å². The lowest BCUT2D eigenvalue weighted by molar-refractivity contribution is 0.399. The fourth-order valence-electron chi connectivity index (χ4n) is 1.95. The molecule has 2 unspecified atom stereocenters. The first-order chi connectivity index (χ1) is 6.81. The quantitative estimate of drug-likeness (QED) is 0.444. The summed E-state index contributed by atoms with van der Waals surface area (Å²) in [5, 5.41) is -0.273. The zero-order valence-corrected chi connectivity index (χ0v) is 11.0. The van der Waals surface area contributed by atoms with E-state index in [4.69, 9.17) is 7.85 Å². The van der Waals surface area contributed by atoms with Gasteiger partial charge in [-0.05, 0) is 29.5 Å². The van der Waals surface area contributed by atoms with Crippen LogP contribution in [-0.2, 0) is 0 Å². The molecule has 0 N–H and O–H groups in total. The third-order valence-corrected chi connectivity index (χ3v) is 2.77. The first-order valence-corrected chi connectivity index (χ1v) is 5.90. The van der Waals surface area contributed by atoms with E-state index in [9.17, 15) is 0 Å². The zero-order chi connectivity index (χ0) is 12.1. The van der Waals surface area contributed by atoms with Crippen molar-refractivity contribution in [3.05, 3.63) is 24.8 Å². The Kier molecular flexibility index (Phi) is 6.01. The summed E-state index contributed by atoms with van der Waals surface area (Å²) >= 11 is 0. The van der Waals surface area contributed by atoms with Gasteiger partial charge in [0.25, 0.3) is 0 Å². The summed E-state index contributed by atoms with van der Waals surface area (Å²) < 4.78 is 0. The third-order valence-electron chi connectivity index (χ3n) is 2.77. The molecule has 0 saturated carbocycles. The van der Waals surface area contributed by atoms with Crippen molar-refractivity contribution < 1.29 is 0 Å². The largest absolute Gasteiger partial charge is 0.103 e. The molecule has 15 heavy (non-hydrogen) atoms. The Hall–Kier alpha value is -0.455. The Morgan fingerprint density at radius 1 is 1.27 bits per heavy atom. The molecule has 0 aromatic carbocycles. The molecular formula is C14H25B. The Morgan fingerprint density at radius 2 is 1.80 bits per heavy atom. The van der Waals surface area contributed by atoms with E-state index < -0.39 is 0 Å². The molecule has 1 heteroatoms. The van der Waals surface area contributed by atoms with E-state index >= 15 is 0 Å². The SMILES string of the molecule is [B]C(C)(/C=C\CC(C)C)C(C=C)C(C)C. The average Bonchev–Trinajstić information content (AvgIpc) is 2.01. The molecule has 84 valence electrons. The third kappa shape index (κ3) is 5.25. The van der Waals surface area contributed by atoms with Gasteiger partial charge in [0.05, 0.1) is 7.85 Å².